The van der Waals surface area contributed by atoms with Gasteiger partial charge in [-0.05, 0) is 36.3 Å². The molecule has 0 radical (unpaired) electrons. The molecule has 5 rings (SSSR count). The van der Waals surface area contributed by atoms with E-state index in [-0.39, 0.29) is 17.9 Å². The van der Waals surface area contributed by atoms with Crippen LogP contribution in [-0.4, -0.2) is 22.8 Å². The third kappa shape index (κ3) is 2.04. The van der Waals surface area contributed by atoms with Crippen LogP contribution in [0.4, 0.5) is 5.69 Å². The first-order valence-electron chi connectivity index (χ1n) is 9.00. The lowest BCUT2D eigenvalue weighted by molar-refractivity contribution is -0.123. The molecule has 3 aliphatic heterocycles. The minimum absolute atomic E-state index is 0.216. The van der Waals surface area contributed by atoms with Gasteiger partial charge < -0.3 is 4.90 Å². The van der Waals surface area contributed by atoms with E-state index in [1.54, 1.807) is 12.1 Å². The van der Waals surface area contributed by atoms with E-state index < -0.39 is 17.9 Å². The third-order valence-corrected chi connectivity index (χ3v) is 5.89. The molecule has 3 aliphatic rings. The van der Waals surface area contributed by atoms with Crippen LogP contribution >= 0.6 is 0 Å². The molecule has 0 aromatic heterocycles. The number of benzene rings is 2. The van der Waals surface area contributed by atoms with E-state index in [0.717, 1.165) is 16.7 Å². The van der Waals surface area contributed by atoms with E-state index in [1.807, 2.05) is 60.5 Å². The maximum Gasteiger partial charge on any atom is 0.240 e. The van der Waals surface area contributed by atoms with Crippen LogP contribution in [0.15, 0.2) is 54.7 Å². The molecule has 4 atom stereocenters. The number of nitriles is 1. The molecular weight excluding hydrogens is 338 g/mol. The Morgan fingerprint density at radius 3 is 2.41 bits per heavy atom. The molecule has 27 heavy (non-hydrogen) atoms. The standard InChI is InChI=1S/C22H17N3O2/c1-13-6-8-15(9-7-13)25-21(26)18-17(12-23)24-11-10-14-4-2-3-5-16(14)20(24)19(18)22(25)27/h2-11,17-20H,1H3/t17-,18+,19+,20?/m1/s1. The van der Waals surface area contributed by atoms with Crippen molar-refractivity contribution in [3.05, 3.63) is 71.4 Å². The Bertz CT molecular complexity index is 1030. The normalized spacial score (nSPS) is 28.0. The van der Waals surface area contributed by atoms with Crippen LogP contribution in [0.1, 0.15) is 22.7 Å². The first-order chi connectivity index (χ1) is 13.1. The van der Waals surface area contributed by atoms with Crippen LogP contribution in [0.2, 0.25) is 0 Å². The van der Waals surface area contributed by atoms with E-state index in [2.05, 4.69) is 6.07 Å². The molecule has 0 aliphatic carbocycles. The lowest BCUT2D eigenvalue weighted by Gasteiger charge is -2.33. The second kappa shape index (κ2) is 5.55. The molecule has 2 saturated heterocycles. The SMILES string of the molecule is Cc1ccc(N2C(=O)[C@@H]3[C@H](C2=O)C2c4ccccc4C=CN2[C@@H]3C#N)cc1. The quantitative estimate of drug-likeness (QED) is 0.738. The molecule has 2 aromatic rings. The average molecular weight is 355 g/mol. The van der Waals surface area contributed by atoms with E-state index in [9.17, 15) is 14.9 Å². The van der Waals surface area contributed by atoms with Gasteiger partial charge in [0.25, 0.3) is 0 Å². The zero-order valence-electron chi connectivity index (χ0n) is 14.7. The maximum atomic E-state index is 13.4. The highest BCUT2D eigenvalue weighted by Crippen LogP contribution is 2.52. The molecule has 1 unspecified atom stereocenters. The van der Waals surface area contributed by atoms with Crippen molar-refractivity contribution in [2.45, 2.75) is 19.0 Å². The van der Waals surface area contributed by atoms with Crippen LogP contribution in [0, 0.1) is 30.1 Å². The molecule has 5 heteroatoms. The Balaban J connectivity index is 1.63. The van der Waals surface area contributed by atoms with Gasteiger partial charge >= 0.3 is 0 Å². The molecule has 0 saturated carbocycles. The number of hydrogen-bond donors (Lipinski definition) is 0. The zero-order valence-corrected chi connectivity index (χ0v) is 14.7. The fraction of sp³-hybridized carbons (Fsp3) is 0.227. The number of amides is 2. The van der Waals surface area contributed by atoms with E-state index in [4.69, 9.17) is 0 Å². The molecule has 0 N–H and O–H groups in total. The van der Waals surface area contributed by atoms with Crippen LogP contribution in [0.25, 0.3) is 6.08 Å². The monoisotopic (exact) mass is 355 g/mol. The number of aryl methyl sites for hydroxylation is 1. The van der Waals surface area contributed by atoms with Crippen molar-refractivity contribution < 1.29 is 9.59 Å². The largest absolute Gasteiger partial charge is 0.353 e. The summed E-state index contributed by atoms with van der Waals surface area (Å²) in [6.07, 6.45) is 3.81. The lowest BCUT2D eigenvalue weighted by Crippen LogP contribution is -2.40. The van der Waals surface area contributed by atoms with Gasteiger partial charge in [-0.3, -0.25) is 9.59 Å². The molecule has 0 bridgehead atoms. The first kappa shape index (κ1) is 15.8. The second-order valence-corrected chi connectivity index (χ2v) is 7.31. The number of fused-ring (bicyclic) bond motifs is 5. The number of anilines is 1. The van der Waals surface area contributed by atoms with Crippen LogP contribution < -0.4 is 4.90 Å². The summed E-state index contributed by atoms with van der Waals surface area (Å²) < 4.78 is 0. The summed E-state index contributed by atoms with van der Waals surface area (Å²) in [6.45, 7) is 1.96. The van der Waals surface area contributed by atoms with Gasteiger partial charge in [0.05, 0.1) is 29.6 Å². The fourth-order valence-corrected chi connectivity index (χ4v) is 4.65. The van der Waals surface area contributed by atoms with Crippen molar-refractivity contribution >= 4 is 23.6 Å². The summed E-state index contributed by atoms with van der Waals surface area (Å²) in [6, 6.07) is 16.6. The molecule has 3 heterocycles. The van der Waals surface area contributed by atoms with Crippen molar-refractivity contribution in [3.63, 3.8) is 0 Å². The maximum absolute atomic E-state index is 13.4. The fourth-order valence-electron chi connectivity index (χ4n) is 4.65. The van der Waals surface area contributed by atoms with Gasteiger partial charge in [0, 0.05) is 6.20 Å². The number of nitrogens with zero attached hydrogens (tertiary/aromatic N) is 3. The van der Waals surface area contributed by atoms with Gasteiger partial charge in [-0.2, -0.15) is 5.26 Å². The van der Waals surface area contributed by atoms with Crippen LogP contribution in [0.3, 0.4) is 0 Å². The number of imide groups is 1. The highest BCUT2D eigenvalue weighted by atomic mass is 16.2. The number of carbonyl (C=O) groups is 2. The van der Waals surface area contributed by atoms with Gasteiger partial charge in [-0.1, -0.05) is 42.0 Å². The van der Waals surface area contributed by atoms with Gasteiger partial charge in [0.15, 0.2) is 0 Å². The van der Waals surface area contributed by atoms with Gasteiger partial charge in [0.2, 0.25) is 11.8 Å². The number of rotatable bonds is 1. The highest BCUT2D eigenvalue weighted by molar-refractivity contribution is 6.23. The minimum Gasteiger partial charge on any atom is -0.353 e. The summed E-state index contributed by atoms with van der Waals surface area (Å²) >= 11 is 0. The summed E-state index contributed by atoms with van der Waals surface area (Å²) in [5, 5.41) is 9.79. The Morgan fingerprint density at radius 2 is 1.67 bits per heavy atom. The van der Waals surface area contributed by atoms with Gasteiger partial charge in [0.1, 0.15) is 6.04 Å². The molecule has 5 nitrogen and oxygen atoms in total. The second-order valence-electron chi connectivity index (χ2n) is 7.31. The molecule has 2 aromatic carbocycles. The average Bonchev–Trinajstić information content (AvgIpc) is 3.15. The van der Waals surface area contributed by atoms with Crippen LogP contribution in [0.5, 0.6) is 0 Å². The van der Waals surface area contributed by atoms with E-state index >= 15 is 0 Å². The van der Waals surface area contributed by atoms with Crippen LogP contribution in [-0.2, 0) is 9.59 Å². The predicted molar refractivity (Wildman–Crippen MR) is 100 cm³/mol. The van der Waals surface area contributed by atoms with Crippen molar-refractivity contribution in [1.29, 1.82) is 5.26 Å². The minimum atomic E-state index is -0.649. The molecule has 2 fully saturated rings. The van der Waals surface area contributed by atoms with Gasteiger partial charge in [-0.25, -0.2) is 4.90 Å². The van der Waals surface area contributed by atoms with Crippen molar-refractivity contribution in [2.24, 2.45) is 11.8 Å². The topological polar surface area (TPSA) is 64.4 Å². The Hall–Kier alpha value is -3.39. The number of hydrogen-bond acceptors (Lipinski definition) is 4. The molecule has 0 spiro atoms. The smallest absolute Gasteiger partial charge is 0.240 e. The Morgan fingerprint density at radius 1 is 0.963 bits per heavy atom. The molecular formula is C22H17N3O2. The highest BCUT2D eigenvalue weighted by Gasteiger charge is 2.63. The summed E-state index contributed by atoms with van der Waals surface area (Å²) in [7, 11) is 0. The summed E-state index contributed by atoms with van der Waals surface area (Å²) in [5.74, 6) is -1.69. The number of carbonyl (C=O) groups excluding carboxylic acids is 2. The summed E-state index contributed by atoms with van der Waals surface area (Å²) in [4.78, 5) is 29.7. The zero-order chi connectivity index (χ0) is 18.7. The Kier molecular flexibility index (Phi) is 3.26. The van der Waals surface area contributed by atoms with Crippen molar-refractivity contribution in [3.8, 4) is 6.07 Å². The molecule has 2 amide bonds. The van der Waals surface area contributed by atoms with Crippen molar-refractivity contribution in [1.82, 2.24) is 4.90 Å². The van der Waals surface area contributed by atoms with E-state index in [0.29, 0.717) is 5.69 Å². The summed E-state index contributed by atoms with van der Waals surface area (Å²) in [5.41, 5.74) is 3.67. The van der Waals surface area contributed by atoms with E-state index in [1.165, 1.54) is 4.90 Å². The molecule has 132 valence electrons. The van der Waals surface area contributed by atoms with Crippen molar-refractivity contribution in [2.75, 3.05) is 4.90 Å². The Labute approximate surface area is 157 Å². The first-order valence-corrected chi connectivity index (χ1v) is 9.00. The predicted octanol–water partition coefficient (Wildman–Crippen LogP) is 3.03. The van der Waals surface area contributed by atoms with Gasteiger partial charge in [-0.15, -0.1) is 0 Å². The third-order valence-electron chi connectivity index (χ3n) is 5.89. The lowest BCUT2D eigenvalue weighted by atomic mass is 9.85.